The third-order valence-electron chi connectivity index (χ3n) is 4.30. The molecule has 1 aromatic rings. The van der Waals surface area contributed by atoms with Gasteiger partial charge in [-0.2, -0.15) is 0 Å². The largest absolute Gasteiger partial charge is 0.493 e. The number of nitrogens with one attached hydrogen (secondary N) is 1. The zero-order valence-corrected chi connectivity index (χ0v) is 14.2. The highest BCUT2D eigenvalue weighted by Gasteiger charge is 2.22. The van der Waals surface area contributed by atoms with Crippen molar-refractivity contribution in [3.05, 3.63) is 23.8 Å². The van der Waals surface area contributed by atoms with Crippen molar-refractivity contribution in [3.8, 4) is 11.5 Å². The van der Waals surface area contributed by atoms with Gasteiger partial charge in [0.05, 0.1) is 13.7 Å². The fourth-order valence-electron chi connectivity index (χ4n) is 3.12. The van der Waals surface area contributed by atoms with E-state index in [4.69, 9.17) is 9.47 Å². The van der Waals surface area contributed by atoms with Crippen LogP contribution in [0.2, 0.25) is 0 Å². The van der Waals surface area contributed by atoms with Gasteiger partial charge in [-0.3, -0.25) is 4.90 Å². The van der Waals surface area contributed by atoms with Crippen LogP contribution in [0.1, 0.15) is 44.7 Å². The van der Waals surface area contributed by atoms with Gasteiger partial charge in [0.2, 0.25) is 0 Å². The van der Waals surface area contributed by atoms with Crippen LogP contribution in [0.25, 0.3) is 0 Å². The van der Waals surface area contributed by atoms with E-state index >= 15 is 0 Å². The smallest absolute Gasteiger partial charge is 0.161 e. The Bertz CT molecular complexity index is 445. The third kappa shape index (κ3) is 4.37. The first kappa shape index (κ1) is 17.1. The number of unbranched alkanes of at least 4 members (excludes halogenated alkanes) is 1. The fraction of sp³-hybridized carbons (Fsp3) is 0.667. The second-order valence-corrected chi connectivity index (χ2v) is 5.79. The SMILES string of the molecule is CCCCC(c1ccc(OC)c(OCC)c1)N1CCNCC1. The van der Waals surface area contributed by atoms with Crippen LogP contribution in [0.15, 0.2) is 18.2 Å². The molecule has 22 heavy (non-hydrogen) atoms. The predicted molar refractivity (Wildman–Crippen MR) is 90.9 cm³/mol. The quantitative estimate of drug-likeness (QED) is 0.799. The van der Waals surface area contributed by atoms with Crippen LogP contribution in [-0.4, -0.2) is 44.8 Å². The molecule has 1 atom stereocenters. The molecule has 0 aromatic heterocycles. The van der Waals surface area contributed by atoms with E-state index in [0.29, 0.717) is 12.6 Å². The first-order valence-corrected chi connectivity index (χ1v) is 8.55. The number of hydrogen-bond donors (Lipinski definition) is 1. The van der Waals surface area contributed by atoms with Gasteiger partial charge < -0.3 is 14.8 Å². The summed E-state index contributed by atoms with van der Waals surface area (Å²) in [7, 11) is 1.70. The summed E-state index contributed by atoms with van der Waals surface area (Å²) in [6, 6.07) is 6.89. The van der Waals surface area contributed by atoms with Gasteiger partial charge in [-0.05, 0) is 31.0 Å². The fourth-order valence-corrected chi connectivity index (χ4v) is 3.12. The lowest BCUT2D eigenvalue weighted by Crippen LogP contribution is -2.45. The van der Waals surface area contributed by atoms with Gasteiger partial charge in [-0.1, -0.05) is 25.8 Å². The Labute approximate surface area is 134 Å². The van der Waals surface area contributed by atoms with Crippen molar-refractivity contribution in [1.82, 2.24) is 10.2 Å². The molecule has 0 spiro atoms. The molecule has 0 radical (unpaired) electrons. The molecule has 1 unspecified atom stereocenters. The van der Waals surface area contributed by atoms with E-state index in [-0.39, 0.29) is 0 Å². The molecule has 0 aliphatic carbocycles. The molecule has 1 heterocycles. The Balaban J connectivity index is 2.23. The van der Waals surface area contributed by atoms with Gasteiger partial charge in [0.15, 0.2) is 11.5 Å². The van der Waals surface area contributed by atoms with Gasteiger partial charge in [-0.25, -0.2) is 0 Å². The van der Waals surface area contributed by atoms with Crippen molar-refractivity contribution < 1.29 is 9.47 Å². The van der Waals surface area contributed by atoms with Crippen LogP contribution in [0.5, 0.6) is 11.5 Å². The molecule has 0 bridgehead atoms. The van der Waals surface area contributed by atoms with Crippen molar-refractivity contribution in [3.63, 3.8) is 0 Å². The highest BCUT2D eigenvalue weighted by molar-refractivity contribution is 5.44. The molecule has 4 nitrogen and oxygen atoms in total. The predicted octanol–water partition coefficient (Wildman–Crippen LogP) is 3.23. The molecular weight excluding hydrogens is 276 g/mol. The lowest BCUT2D eigenvalue weighted by molar-refractivity contribution is 0.162. The summed E-state index contributed by atoms with van der Waals surface area (Å²) in [5.41, 5.74) is 1.35. The summed E-state index contributed by atoms with van der Waals surface area (Å²) < 4.78 is 11.2. The normalized spacial score (nSPS) is 17.2. The van der Waals surface area contributed by atoms with Crippen LogP contribution in [-0.2, 0) is 0 Å². The minimum Gasteiger partial charge on any atom is -0.493 e. The molecule has 1 aliphatic rings. The van der Waals surface area contributed by atoms with Crippen LogP contribution in [0.4, 0.5) is 0 Å². The van der Waals surface area contributed by atoms with Crippen molar-refractivity contribution in [1.29, 1.82) is 0 Å². The van der Waals surface area contributed by atoms with Crippen molar-refractivity contribution in [2.45, 2.75) is 39.2 Å². The molecule has 1 N–H and O–H groups in total. The average molecular weight is 306 g/mol. The monoisotopic (exact) mass is 306 g/mol. The highest BCUT2D eigenvalue weighted by atomic mass is 16.5. The molecule has 2 rings (SSSR count). The summed E-state index contributed by atoms with van der Waals surface area (Å²) >= 11 is 0. The standard InChI is InChI=1S/C18H30N2O2/c1-4-6-7-16(20-12-10-19-11-13-20)15-8-9-17(21-3)18(14-15)22-5-2/h8-9,14,16,19H,4-7,10-13H2,1-3H3. The minimum absolute atomic E-state index is 0.479. The number of piperazine rings is 1. The van der Waals surface area contributed by atoms with E-state index in [2.05, 4.69) is 29.3 Å². The lowest BCUT2D eigenvalue weighted by atomic mass is 9.98. The number of benzene rings is 1. The molecule has 1 fully saturated rings. The maximum atomic E-state index is 5.75. The van der Waals surface area contributed by atoms with Crippen molar-refractivity contribution in [2.24, 2.45) is 0 Å². The number of methoxy groups -OCH3 is 1. The maximum Gasteiger partial charge on any atom is 0.161 e. The minimum atomic E-state index is 0.479. The zero-order chi connectivity index (χ0) is 15.8. The lowest BCUT2D eigenvalue weighted by Gasteiger charge is -2.35. The first-order chi connectivity index (χ1) is 10.8. The number of ether oxygens (including phenoxy) is 2. The van der Waals surface area contributed by atoms with Gasteiger partial charge >= 0.3 is 0 Å². The van der Waals surface area contributed by atoms with Crippen LogP contribution < -0.4 is 14.8 Å². The van der Waals surface area contributed by atoms with Crippen LogP contribution >= 0.6 is 0 Å². The molecular formula is C18H30N2O2. The number of nitrogens with zero attached hydrogens (tertiary/aromatic N) is 1. The highest BCUT2D eigenvalue weighted by Crippen LogP contribution is 2.34. The van der Waals surface area contributed by atoms with E-state index in [1.807, 2.05) is 13.0 Å². The summed E-state index contributed by atoms with van der Waals surface area (Å²) in [4.78, 5) is 2.60. The van der Waals surface area contributed by atoms with Crippen molar-refractivity contribution in [2.75, 3.05) is 39.9 Å². The summed E-state index contributed by atoms with van der Waals surface area (Å²) in [5, 5.41) is 3.44. The van der Waals surface area contributed by atoms with E-state index < -0.39 is 0 Å². The average Bonchev–Trinajstić information content (AvgIpc) is 2.57. The number of hydrogen-bond acceptors (Lipinski definition) is 4. The zero-order valence-electron chi connectivity index (χ0n) is 14.2. The molecule has 0 saturated carbocycles. The third-order valence-corrected chi connectivity index (χ3v) is 4.30. The molecule has 1 aliphatic heterocycles. The Morgan fingerprint density at radius 1 is 1.18 bits per heavy atom. The summed E-state index contributed by atoms with van der Waals surface area (Å²) in [5.74, 6) is 1.68. The second kappa shape index (κ2) is 9.01. The Morgan fingerprint density at radius 2 is 1.95 bits per heavy atom. The van der Waals surface area contributed by atoms with E-state index in [1.165, 1.54) is 24.8 Å². The van der Waals surface area contributed by atoms with E-state index in [0.717, 1.165) is 37.7 Å². The molecule has 124 valence electrons. The molecule has 1 aromatic carbocycles. The topological polar surface area (TPSA) is 33.7 Å². The van der Waals surface area contributed by atoms with Crippen LogP contribution in [0, 0.1) is 0 Å². The molecule has 0 amide bonds. The van der Waals surface area contributed by atoms with Gasteiger partial charge in [0, 0.05) is 32.2 Å². The second-order valence-electron chi connectivity index (χ2n) is 5.79. The van der Waals surface area contributed by atoms with Gasteiger partial charge in [-0.15, -0.1) is 0 Å². The first-order valence-electron chi connectivity index (χ1n) is 8.55. The Hall–Kier alpha value is -1.26. The maximum absolute atomic E-state index is 5.75. The van der Waals surface area contributed by atoms with E-state index in [1.54, 1.807) is 7.11 Å². The van der Waals surface area contributed by atoms with E-state index in [9.17, 15) is 0 Å². The number of rotatable bonds is 8. The van der Waals surface area contributed by atoms with Crippen molar-refractivity contribution >= 4 is 0 Å². The van der Waals surface area contributed by atoms with Gasteiger partial charge in [0.1, 0.15) is 0 Å². The van der Waals surface area contributed by atoms with Crippen LogP contribution in [0.3, 0.4) is 0 Å². The summed E-state index contributed by atoms with van der Waals surface area (Å²) in [6.07, 6.45) is 3.69. The summed E-state index contributed by atoms with van der Waals surface area (Å²) in [6.45, 7) is 9.32. The Kier molecular flexibility index (Phi) is 7.00. The Morgan fingerprint density at radius 3 is 2.59 bits per heavy atom. The molecule has 4 heteroatoms. The van der Waals surface area contributed by atoms with Gasteiger partial charge in [0.25, 0.3) is 0 Å². The molecule has 1 saturated heterocycles.